The number of rotatable bonds is 5. The van der Waals surface area contributed by atoms with Gasteiger partial charge in [-0.3, -0.25) is 9.59 Å². The van der Waals surface area contributed by atoms with E-state index in [1.165, 1.54) is 0 Å². The number of aromatic nitrogens is 4. The molecule has 130 valence electrons. The fourth-order valence-electron chi connectivity index (χ4n) is 2.97. The van der Waals surface area contributed by atoms with Crippen LogP contribution in [0.3, 0.4) is 0 Å². The van der Waals surface area contributed by atoms with Crippen molar-refractivity contribution in [3.63, 3.8) is 0 Å². The van der Waals surface area contributed by atoms with Crippen molar-refractivity contribution >= 4 is 27.7 Å². The third-order valence-electron chi connectivity index (χ3n) is 4.23. The van der Waals surface area contributed by atoms with E-state index in [0.717, 1.165) is 16.9 Å². The quantitative estimate of drug-likeness (QED) is 0.511. The number of fused-ring (bicyclic) bond motifs is 2. The van der Waals surface area contributed by atoms with Crippen LogP contribution in [0.2, 0.25) is 0 Å². The molecule has 7 heteroatoms. The average molecular weight is 347 g/mol. The Morgan fingerprint density at radius 1 is 1.04 bits per heavy atom. The van der Waals surface area contributed by atoms with E-state index in [2.05, 4.69) is 25.5 Å². The number of carbonyl (C=O) groups is 1. The minimum Gasteiger partial charge on any atom is -0.355 e. The van der Waals surface area contributed by atoms with Gasteiger partial charge in [-0.15, -0.1) is 0 Å². The molecule has 0 unspecified atom stereocenters. The molecular weight excluding hydrogens is 330 g/mol. The van der Waals surface area contributed by atoms with Crippen molar-refractivity contribution in [3.05, 3.63) is 70.4 Å². The molecule has 1 amide bonds. The van der Waals surface area contributed by atoms with Gasteiger partial charge in [0.15, 0.2) is 0 Å². The molecule has 2 aromatic heterocycles. The number of benzene rings is 2. The van der Waals surface area contributed by atoms with Crippen LogP contribution in [-0.2, 0) is 17.6 Å². The number of imidazole rings is 1. The predicted molar refractivity (Wildman–Crippen MR) is 98.9 cm³/mol. The van der Waals surface area contributed by atoms with Gasteiger partial charge in [-0.1, -0.05) is 30.3 Å². The number of hydrogen-bond donors (Lipinski definition) is 3. The smallest absolute Gasteiger partial charge is 0.272 e. The summed E-state index contributed by atoms with van der Waals surface area (Å²) in [6.07, 6.45) is 0.720. The summed E-state index contributed by atoms with van der Waals surface area (Å²) in [5.41, 5.74) is 2.20. The highest BCUT2D eigenvalue weighted by atomic mass is 16.1. The Labute approximate surface area is 148 Å². The first kappa shape index (κ1) is 16.0. The molecule has 0 aliphatic heterocycles. The maximum atomic E-state index is 12.2. The Morgan fingerprint density at radius 2 is 1.81 bits per heavy atom. The lowest BCUT2D eigenvalue weighted by molar-refractivity contribution is -0.120. The second-order valence-electron chi connectivity index (χ2n) is 6.02. The van der Waals surface area contributed by atoms with E-state index in [0.29, 0.717) is 29.4 Å². The predicted octanol–water partition coefficient (Wildman–Crippen LogP) is 1.70. The summed E-state index contributed by atoms with van der Waals surface area (Å²) in [5, 5.41) is 10.6. The number of hydrogen-bond acceptors (Lipinski definition) is 4. The van der Waals surface area contributed by atoms with Crippen molar-refractivity contribution in [1.29, 1.82) is 0 Å². The molecule has 2 aromatic carbocycles. The highest BCUT2D eigenvalue weighted by Crippen LogP contribution is 2.13. The summed E-state index contributed by atoms with van der Waals surface area (Å²) in [6, 6.07) is 14.9. The number of amides is 1. The van der Waals surface area contributed by atoms with Crippen molar-refractivity contribution in [1.82, 2.24) is 25.5 Å². The van der Waals surface area contributed by atoms with Gasteiger partial charge >= 0.3 is 0 Å². The van der Waals surface area contributed by atoms with Crippen LogP contribution in [0.15, 0.2) is 53.3 Å². The Morgan fingerprint density at radius 3 is 2.65 bits per heavy atom. The van der Waals surface area contributed by atoms with Gasteiger partial charge in [0, 0.05) is 18.4 Å². The molecule has 0 saturated heterocycles. The zero-order valence-corrected chi connectivity index (χ0v) is 14.0. The minimum atomic E-state index is -0.255. The number of nitrogens with zero attached hydrogens (tertiary/aromatic N) is 2. The number of nitrogens with one attached hydrogen (secondary N) is 3. The fourth-order valence-corrected chi connectivity index (χ4v) is 2.97. The van der Waals surface area contributed by atoms with Gasteiger partial charge in [0.05, 0.1) is 28.5 Å². The Hall–Kier alpha value is -3.48. The zero-order chi connectivity index (χ0) is 17.9. The van der Waals surface area contributed by atoms with E-state index in [-0.39, 0.29) is 17.9 Å². The lowest BCUT2D eigenvalue weighted by Gasteiger charge is -2.06. The monoisotopic (exact) mass is 347 g/mol. The molecule has 2 heterocycles. The summed E-state index contributed by atoms with van der Waals surface area (Å²) >= 11 is 0. The highest BCUT2D eigenvalue weighted by Gasteiger charge is 2.10. The van der Waals surface area contributed by atoms with Crippen LogP contribution in [0, 0.1) is 0 Å². The van der Waals surface area contributed by atoms with E-state index in [1.54, 1.807) is 18.2 Å². The molecule has 3 N–H and O–H groups in total. The molecule has 0 aliphatic carbocycles. The van der Waals surface area contributed by atoms with Gasteiger partial charge in [-0.25, -0.2) is 10.1 Å². The molecule has 0 atom stereocenters. The molecule has 0 radical (unpaired) electrons. The van der Waals surface area contributed by atoms with Crippen molar-refractivity contribution in [2.45, 2.75) is 12.8 Å². The van der Waals surface area contributed by atoms with Crippen molar-refractivity contribution in [3.8, 4) is 0 Å². The number of carbonyl (C=O) groups excluding carboxylic acids is 1. The maximum Gasteiger partial charge on any atom is 0.272 e. The first-order valence-electron chi connectivity index (χ1n) is 8.37. The topological polar surface area (TPSA) is 104 Å². The lowest BCUT2D eigenvalue weighted by Crippen LogP contribution is -2.28. The van der Waals surface area contributed by atoms with E-state index in [4.69, 9.17) is 0 Å². The fraction of sp³-hybridized carbons (Fsp3) is 0.158. The van der Waals surface area contributed by atoms with Crippen LogP contribution in [0.4, 0.5) is 0 Å². The summed E-state index contributed by atoms with van der Waals surface area (Å²) < 4.78 is 0. The van der Waals surface area contributed by atoms with Gasteiger partial charge in [0.2, 0.25) is 5.91 Å². The van der Waals surface area contributed by atoms with E-state index >= 15 is 0 Å². The molecule has 0 fully saturated rings. The molecule has 4 rings (SSSR count). The Bertz CT molecular complexity index is 1110. The highest BCUT2D eigenvalue weighted by molar-refractivity contribution is 5.88. The SMILES string of the molecule is O=C(Cc1n[nH]c(=O)c2ccccc12)NCCc1nc2ccccc2[nH]1. The third kappa shape index (κ3) is 3.19. The van der Waals surface area contributed by atoms with Crippen LogP contribution < -0.4 is 10.9 Å². The normalized spacial score (nSPS) is 11.1. The van der Waals surface area contributed by atoms with E-state index in [9.17, 15) is 9.59 Å². The standard InChI is InChI=1S/C19H17N5O2/c25-18(11-16-12-5-1-2-6-13(12)19(26)24-23-16)20-10-9-17-21-14-7-3-4-8-15(14)22-17/h1-8H,9-11H2,(H,20,25)(H,21,22)(H,24,26). The molecule has 0 saturated carbocycles. The largest absolute Gasteiger partial charge is 0.355 e. The average Bonchev–Trinajstić information content (AvgIpc) is 3.07. The molecule has 4 aromatic rings. The van der Waals surface area contributed by atoms with E-state index in [1.807, 2.05) is 30.3 Å². The Kier molecular flexibility index (Phi) is 4.18. The van der Waals surface area contributed by atoms with Crippen molar-refractivity contribution in [2.75, 3.05) is 6.54 Å². The second-order valence-corrected chi connectivity index (χ2v) is 6.02. The van der Waals surface area contributed by atoms with Gasteiger partial charge in [0.25, 0.3) is 5.56 Å². The van der Waals surface area contributed by atoms with Crippen LogP contribution >= 0.6 is 0 Å². The van der Waals surface area contributed by atoms with Crippen LogP contribution in [0.1, 0.15) is 11.5 Å². The molecule has 0 bridgehead atoms. The number of H-pyrrole nitrogens is 2. The first-order valence-corrected chi connectivity index (χ1v) is 8.37. The molecule has 7 nitrogen and oxygen atoms in total. The summed E-state index contributed by atoms with van der Waals surface area (Å²) in [6.45, 7) is 0.472. The number of para-hydroxylation sites is 2. The summed E-state index contributed by atoms with van der Waals surface area (Å²) in [4.78, 5) is 31.7. The summed E-state index contributed by atoms with van der Waals surface area (Å²) in [5.74, 6) is 0.685. The summed E-state index contributed by atoms with van der Waals surface area (Å²) in [7, 11) is 0. The molecule has 0 spiro atoms. The van der Waals surface area contributed by atoms with Crippen molar-refractivity contribution < 1.29 is 4.79 Å². The van der Waals surface area contributed by atoms with Gasteiger partial charge in [0.1, 0.15) is 5.82 Å². The molecular formula is C19H17N5O2. The second kappa shape index (κ2) is 6.79. The van der Waals surface area contributed by atoms with Gasteiger partial charge in [-0.05, 0) is 18.2 Å². The van der Waals surface area contributed by atoms with E-state index < -0.39 is 0 Å². The lowest BCUT2D eigenvalue weighted by atomic mass is 10.1. The van der Waals surface area contributed by atoms with Crippen molar-refractivity contribution in [2.24, 2.45) is 0 Å². The van der Waals surface area contributed by atoms with Crippen LogP contribution in [0.5, 0.6) is 0 Å². The van der Waals surface area contributed by atoms with Crippen LogP contribution in [0.25, 0.3) is 21.8 Å². The number of aromatic amines is 2. The first-order chi connectivity index (χ1) is 12.7. The maximum absolute atomic E-state index is 12.2. The minimum absolute atomic E-state index is 0.109. The molecule has 26 heavy (non-hydrogen) atoms. The zero-order valence-electron chi connectivity index (χ0n) is 14.0. The van der Waals surface area contributed by atoms with Gasteiger partial charge < -0.3 is 10.3 Å². The Balaban J connectivity index is 1.40. The van der Waals surface area contributed by atoms with Gasteiger partial charge in [-0.2, -0.15) is 5.10 Å². The third-order valence-corrected chi connectivity index (χ3v) is 4.23. The van der Waals surface area contributed by atoms with Crippen LogP contribution in [-0.4, -0.2) is 32.6 Å². The molecule has 0 aliphatic rings.